The van der Waals surface area contributed by atoms with Gasteiger partial charge in [-0.05, 0) is 41.0 Å². The maximum atomic E-state index is 5.78. The lowest BCUT2D eigenvalue weighted by Gasteiger charge is -2.06. The highest BCUT2D eigenvalue weighted by atomic mass is 16.5. The zero-order chi connectivity index (χ0) is 15.7. The fraction of sp³-hybridized carbons (Fsp3) is 0.0952. The Labute approximate surface area is 137 Å². The Morgan fingerprint density at radius 1 is 0.696 bits per heavy atom. The van der Waals surface area contributed by atoms with Crippen LogP contribution < -0.4 is 4.74 Å². The molecule has 0 aromatic heterocycles. The normalized spacial score (nSPS) is 10.8. The van der Waals surface area contributed by atoms with Gasteiger partial charge in [-0.25, -0.2) is 0 Å². The summed E-state index contributed by atoms with van der Waals surface area (Å²) >= 11 is 0. The second kappa shape index (κ2) is 7.95. The molecule has 0 N–H and O–H groups in total. The average Bonchev–Trinajstić information content (AvgIpc) is 2.63. The molecule has 3 aromatic carbocycles. The van der Waals surface area contributed by atoms with Crippen molar-refractivity contribution in [3.8, 4) is 5.75 Å². The summed E-state index contributed by atoms with van der Waals surface area (Å²) in [7, 11) is 0. The molecule has 114 valence electrons. The third-order valence-corrected chi connectivity index (χ3v) is 3.49. The van der Waals surface area contributed by atoms with Crippen molar-refractivity contribution in [3.63, 3.8) is 0 Å². The fourth-order valence-corrected chi connectivity index (χ4v) is 2.23. The van der Waals surface area contributed by atoms with Crippen molar-refractivity contribution >= 4 is 6.21 Å². The van der Waals surface area contributed by atoms with Crippen molar-refractivity contribution in [2.75, 3.05) is 0 Å². The smallest absolute Gasteiger partial charge is 0.119 e. The first kappa shape index (κ1) is 15.0. The highest BCUT2D eigenvalue weighted by molar-refractivity contribution is 5.79. The maximum Gasteiger partial charge on any atom is 0.119 e. The maximum absolute atomic E-state index is 5.78. The van der Waals surface area contributed by atoms with Gasteiger partial charge in [0.1, 0.15) is 12.4 Å². The summed E-state index contributed by atoms with van der Waals surface area (Å²) in [6.45, 7) is 1.29. The lowest BCUT2D eigenvalue weighted by molar-refractivity contribution is 0.306. The van der Waals surface area contributed by atoms with E-state index < -0.39 is 0 Å². The summed E-state index contributed by atoms with van der Waals surface area (Å²) in [6.07, 6.45) is 1.90. The monoisotopic (exact) mass is 301 g/mol. The highest BCUT2D eigenvalue weighted by Crippen LogP contribution is 2.13. The molecule has 0 radical (unpaired) electrons. The molecule has 0 fully saturated rings. The second-order valence-electron chi connectivity index (χ2n) is 5.30. The van der Waals surface area contributed by atoms with Gasteiger partial charge in [-0.1, -0.05) is 60.7 Å². The van der Waals surface area contributed by atoms with E-state index in [0.717, 1.165) is 11.3 Å². The van der Waals surface area contributed by atoms with Crippen molar-refractivity contribution < 1.29 is 4.74 Å². The minimum Gasteiger partial charge on any atom is -0.489 e. The first-order chi connectivity index (χ1) is 11.4. The number of hydrogen-bond acceptors (Lipinski definition) is 2. The van der Waals surface area contributed by atoms with E-state index in [0.29, 0.717) is 13.2 Å². The molecule has 0 unspecified atom stereocenters. The summed E-state index contributed by atoms with van der Waals surface area (Å²) in [6, 6.07) is 28.4. The lowest BCUT2D eigenvalue weighted by Crippen LogP contribution is -1.95. The summed E-state index contributed by atoms with van der Waals surface area (Å²) in [5, 5.41) is 0. The number of ether oxygens (including phenoxy) is 1. The summed E-state index contributed by atoms with van der Waals surface area (Å²) in [5.41, 5.74) is 3.46. The molecule has 0 heterocycles. The number of rotatable bonds is 6. The standard InChI is InChI=1S/C21H19NO/c1-3-7-18(8-4-1)15-22-16-19-11-13-21(14-12-19)23-17-20-9-5-2-6-10-20/h1-14,16H,15,17H2. The van der Waals surface area contributed by atoms with Crippen molar-refractivity contribution in [1.29, 1.82) is 0 Å². The van der Waals surface area contributed by atoms with Crippen molar-refractivity contribution in [1.82, 2.24) is 0 Å². The zero-order valence-corrected chi connectivity index (χ0v) is 12.9. The SMILES string of the molecule is C(=NCc1ccccc1)c1ccc(OCc2ccccc2)cc1. The van der Waals surface area contributed by atoms with Gasteiger partial charge in [0.15, 0.2) is 0 Å². The third-order valence-electron chi connectivity index (χ3n) is 3.49. The predicted octanol–water partition coefficient (Wildman–Crippen LogP) is 4.88. The molecule has 0 aliphatic rings. The minimum atomic E-state index is 0.586. The van der Waals surface area contributed by atoms with Gasteiger partial charge in [-0.2, -0.15) is 0 Å². The largest absolute Gasteiger partial charge is 0.489 e. The zero-order valence-electron chi connectivity index (χ0n) is 12.9. The molecule has 23 heavy (non-hydrogen) atoms. The van der Waals surface area contributed by atoms with E-state index in [-0.39, 0.29) is 0 Å². The minimum absolute atomic E-state index is 0.586. The molecular formula is C21H19NO. The highest BCUT2D eigenvalue weighted by Gasteiger charge is 1.96. The van der Waals surface area contributed by atoms with E-state index in [9.17, 15) is 0 Å². The van der Waals surface area contributed by atoms with Crippen molar-refractivity contribution in [2.24, 2.45) is 4.99 Å². The van der Waals surface area contributed by atoms with Gasteiger partial charge >= 0.3 is 0 Å². The predicted molar refractivity (Wildman–Crippen MR) is 95.0 cm³/mol. The van der Waals surface area contributed by atoms with Gasteiger partial charge in [0.2, 0.25) is 0 Å². The third kappa shape index (κ3) is 4.82. The van der Waals surface area contributed by atoms with Gasteiger partial charge in [0.05, 0.1) is 6.54 Å². The second-order valence-corrected chi connectivity index (χ2v) is 5.30. The van der Waals surface area contributed by atoms with Crippen LogP contribution in [0, 0.1) is 0 Å². The summed E-state index contributed by atoms with van der Waals surface area (Å²) in [4.78, 5) is 4.47. The molecule has 0 saturated heterocycles. The first-order valence-corrected chi connectivity index (χ1v) is 7.71. The molecule has 3 rings (SSSR count). The number of nitrogens with zero attached hydrogens (tertiary/aromatic N) is 1. The van der Waals surface area contributed by atoms with Crippen LogP contribution in [0.15, 0.2) is 89.9 Å². The van der Waals surface area contributed by atoms with Gasteiger partial charge in [-0.3, -0.25) is 4.99 Å². The molecule has 2 nitrogen and oxygen atoms in total. The molecule has 2 heteroatoms. The molecule has 0 atom stereocenters. The van der Waals surface area contributed by atoms with E-state index in [1.165, 1.54) is 11.1 Å². The van der Waals surface area contributed by atoms with Crippen LogP contribution in [-0.4, -0.2) is 6.21 Å². The molecule has 0 spiro atoms. The molecule has 0 aliphatic heterocycles. The van der Waals surface area contributed by atoms with Crippen LogP contribution in [0.2, 0.25) is 0 Å². The van der Waals surface area contributed by atoms with Crippen LogP contribution in [0.25, 0.3) is 0 Å². The van der Waals surface area contributed by atoms with E-state index in [1.54, 1.807) is 0 Å². The summed E-state index contributed by atoms with van der Waals surface area (Å²) in [5.74, 6) is 0.870. The topological polar surface area (TPSA) is 21.6 Å². The van der Waals surface area contributed by atoms with Crippen LogP contribution in [-0.2, 0) is 13.2 Å². The molecule has 3 aromatic rings. The Kier molecular flexibility index (Phi) is 5.20. The fourth-order valence-electron chi connectivity index (χ4n) is 2.23. The number of hydrogen-bond donors (Lipinski definition) is 0. The van der Waals surface area contributed by atoms with Crippen molar-refractivity contribution in [2.45, 2.75) is 13.2 Å². The molecule has 0 bridgehead atoms. The molecule has 0 amide bonds. The molecule has 0 aliphatic carbocycles. The van der Waals surface area contributed by atoms with E-state index >= 15 is 0 Å². The van der Waals surface area contributed by atoms with Gasteiger partial charge in [-0.15, -0.1) is 0 Å². The Balaban J connectivity index is 1.52. The molecule has 0 saturated carbocycles. The summed E-state index contributed by atoms with van der Waals surface area (Å²) < 4.78 is 5.78. The van der Waals surface area contributed by atoms with Crippen LogP contribution in [0.1, 0.15) is 16.7 Å². The van der Waals surface area contributed by atoms with Crippen LogP contribution in [0.4, 0.5) is 0 Å². The van der Waals surface area contributed by atoms with Crippen molar-refractivity contribution in [3.05, 3.63) is 102 Å². The first-order valence-electron chi connectivity index (χ1n) is 7.71. The number of aliphatic imine (C=N–C) groups is 1. The Hall–Kier alpha value is -2.87. The van der Waals surface area contributed by atoms with Gasteiger partial charge in [0.25, 0.3) is 0 Å². The Bertz CT molecular complexity index is 734. The van der Waals surface area contributed by atoms with Gasteiger partial charge in [0, 0.05) is 6.21 Å². The van der Waals surface area contributed by atoms with Gasteiger partial charge < -0.3 is 4.74 Å². The number of benzene rings is 3. The lowest BCUT2D eigenvalue weighted by atomic mass is 10.2. The van der Waals surface area contributed by atoms with E-state index in [1.807, 2.05) is 66.9 Å². The quantitative estimate of drug-likeness (QED) is 0.594. The van der Waals surface area contributed by atoms with Crippen LogP contribution >= 0.6 is 0 Å². The Morgan fingerprint density at radius 3 is 1.96 bits per heavy atom. The molecular weight excluding hydrogens is 282 g/mol. The van der Waals surface area contributed by atoms with Crippen LogP contribution in [0.5, 0.6) is 5.75 Å². The van der Waals surface area contributed by atoms with E-state index in [4.69, 9.17) is 4.74 Å². The Morgan fingerprint density at radius 2 is 1.30 bits per heavy atom. The average molecular weight is 301 g/mol. The van der Waals surface area contributed by atoms with E-state index in [2.05, 4.69) is 29.3 Å². The van der Waals surface area contributed by atoms with Crippen LogP contribution in [0.3, 0.4) is 0 Å².